The Labute approximate surface area is 148 Å². The van der Waals surface area contributed by atoms with Gasteiger partial charge in [-0.3, -0.25) is 4.79 Å². The average Bonchev–Trinajstić information content (AvgIpc) is 2.66. The minimum Gasteiger partial charge on any atom is -0.495 e. The highest BCUT2D eigenvalue weighted by Gasteiger charge is 2.26. The first-order valence-corrected chi connectivity index (χ1v) is 8.35. The van der Waals surface area contributed by atoms with Gasteiger partial charge in [-0.2, -0.15) is 0 Å². The molecule has 1 amide bonds. The molecule has 5 heteroatoms. The number of hydrogen-bond donors (Lipinski definition) is 0. The first kappa shape index (κ1) is 17.1. The molecule has 1 aliphatic heterocycles. The van der Waals surface area contributed by atoms with Crippen molar-refractivity contribution in [2.75, 3.05) is 32.8 Å². The lowest BCUT2D eigenvalue weighted by Gasteiger charge is -2.31. The summed E-state index contributed by atoms with van der Waals surface area (Å²) < 4.78 is 16.1. The monoisotopic (exact) mass is 341 g/mol. The van der Waals surface area contributed by atoms with Gasteiger partial charge in [0.05, 0.1) is 33.4 Å². The predicted octanol–water partition coefficient (Wildman–Crippen LogP) is 3.23. The van der Waals surface area contributed by atoms with Crippen LogP contribution in [0.2, 0.25) is 0 Å². The van der Waals surface area contributed by atoms with Gasteiger partial charge in [-0.25, -0.2) is 0 Å². The van der Waals surface area contributed by atoms with E-state index in [0.717, 1.165) is 35.4 Å². The maximum atomic E-state index is 13.0. The molecule has 0 N–H and O–H groups in total. The molecule has 0 unspecified atom stereocenters. The number of amides is 1. The Hall–Kier alpha value is -2.69. The fourth-order valence-corrected chi connectivity index (χ4v) is 3.29. The number of fused-ring (bicyclic) bond motifs is 1. The van der Waals surface area contributed by atoms with Gasteiger partial charge in [0.25, 0.3) is 0 Å². The molecule has 0 fully saturated rings. The van der Waals surface area contributed by atoms with Crippen LogP contribution in [0.4, 0.5) is 5.69 Å². The van der Waals surface area contributed by atoms with Gasteiger partial charge in [-0.05, 0) is 42.2 Å². The van der Waals surface area contributed by atoms with Crippen LogP contribution >= 0.6 is 0 Å². The van der Waals surface area contributed by atoms with E-state index in [0.29, 0.717) is 24.5 Å². The van der Waals surface area contributed by atoms with E-state index in [-0.39, 0.29) is 5.91 Å². The smallest absolute Gasteiger partial charge is 0.231 e. The van der Waals surface area contributed by atoms with Gasteiger partial charge in [0.2, 0.25) is 5.91 Å². The lowest BCUT2D eigenvalue weighted by molar-refractivity contribution is -0.118. The molecule has 0 radical (unpaired) electrons. The first-order valence-electron chi connectivity index (χ1n) is 8.35. The predicted molar refractivity (Wildman–Crippen MR) is 96.9 cm³/mol. The van der Waals surface area contributed by atoms with E-state index in [1.54, 1.807) is 21.3 Å². The van der Waals surface area contributed by atoms with Crippen LogP contribution in [0.3, 0.4) is 0 Å². The van der Waals surface area contributed by atoms with Crippen LogP contribution < -0.4 is 19.1 Å². The third-order valence-electron chi connectivity index (χ3n) is 4.50. The second-order valence-corrected chi connectivity index (χ2v) is 5.98. The molecule has 1 heterocycles. The third kappa shape index (κ3) is 3.40. The zero-order valence-corrected chi connectivity index (χ0v) is 14.9. The number of hydrogen-bond acceptors (Lipinski definition) is 4. The molecule has 0 bridgehead atoms. The summed E-state index contributed by atoms with van der Waals surface area (Å²) in [5, 5.41) is 0. The molecule has 0 saturated carbocycles. The van der Waals surface area contributed by atoms with Crippen molar-refractivity contribution >= 4 is 11.6 Å². The molecule has 0 aromatic heterocycles. The van der Waals surface area contributed by atoms with Crippen molar-refractivity contribution in [3.63, 3.8) is 0 Å². The highest BCUT2D eigenvalue weighted by atomic mass is 16.5. The first-order chi connectivity index (χ1) is 12.2. The number of rotatable bonds is 5. The van der Waals surface area contributed by atoms with Crippen LogP contribution in [0.1, 0.15) is 17.5 Å². The number of methoxy groups -OCH3 is 3. The normalized spacial score (nSPS) is 13.2. The zero-order chi connectivity index (χ0) is 17.8. The standard InChI is InChI=1S/C20H23NO4/c1-23-16-10-9-14(12-18(16)25-3)13-19(22)21-11-5-7-15-6-4-8-17(24-2)20(15)21/h4,6,8-10,12H,5,7,11,13H2,1-3H3. The molecule has 2 aromatic carbocycles. The van der Waals surface area contributed by atoms with Gasteiger partial charge in [-0.15, -0.1) is 0 Å². The van der Waals surface area contributed by atoms with E-state index in [9.17, 15) is 4.79 Å². The third-order valence-corrected chi connectivity index (χ3v) is 4.50. The summed E-state index contributed by atoms with van der Waals surface area (Å²) in [6.45, 7) is 0.708. The number of nitrogens with zero attached hydrogens (tertiary/aromatic N) is 1. The number of para-hydroxylation sites is 1. The fraction of sp³-hybridized carbons (Fsp3) is 0.350. The van der Waals surface area contributed by atoms with Crippen molar-refractivity contribution in [1.82, 2.24) is 0 Å². The summed E-state index contributed by atoms with van der Waals surface area (Å²) in [5.74, 6) is 2.09. The van der Waals surface area contributed by atoms with E-state index in [4.69, 9.17) is 14.2 Å². The summed E-state index contributed by atoms with van der Waals surface area (Å²) in [6.07, 6.45) is 2.22. The molecular weight excluding hydrogens is 318 g/mol. The minimum absolute atomic E-state index is 0.0534. The van der Waals surface area contributed by atoms with Crippen LogP contribution in [0.25, 0.3) is 0 Å². The summed E-state index contributed by atoms with van der Waals surface area (Å²) in [7, 11) is 4.83. The molecule has 3 rings (SSSR count). The lowest BCUT2D eigenvalue weighted by atomic mass is 10.00. The van der Waals surface area contributed by atoms with Gasteiger partial charge in [0.1, 0.15) is 5.75 Å². The van der Waals surface area contributed by atoms with Gasteiger partial charge in [0, 0.05) is 6.54 Å². The van der Waals surface area contributed by atoms with Crippen LogP contribution in [-0.2, 0) is 17.6 Å². The van der Waals surface area contributed by atoms with Crippen molar-refractivity contribution in [1.29, 1.82) is 0 Å². The van der Waals surface area contributed by atoms with Crippen molar-refractivity contribution in [3.05, 3.63) is 47.5 Å². The Kier molecular flexibility index (Phi) is 5.12. The van der Waals surface area contributed by atoms with Crippen LogP contribution in [0.15, 0.2) is 36.4 Å². The molecular formula is C20H23NO4. The van der Waals surface area contributed by atoms with Gasteiger partial charge in [-0.1, -0.05) is 18.2 Å². The number of carbonyl (C=O) groups excluding carboxylic acids is 1. The second-order valence-electron chi connectivity index (χ2n) is 5.98. The van der Waals surface area contributed by atoms with E-state index in [1.165, 1.54) is 0 Å². The van der Waals surface area contributed by atoms with Gasteiger partial charge >= 0.3 is 0 Å². The Bertz CT molecular complexity index is 758. The van der Waals surface area contributed by atoms with Crippen molar-refractivity contribution in [2.45, 2.75) is 19.3 Å². The molecule has 2 aromatic rings. The molecule has 0 spiro atoms. The number of ether oxygens (including phenoxy) is 3. The van der Waals surface area contributed by atoms with Crippen LogP contribution in [0.5, 0.6) is 17.2 Å². The highest BCUT2D eigenvalue weighted by Crippen LogP contribution is 2.36. The van der Waals surface area contributed by atoms with E-state index >= 15 is 0 Å². The SMILES string of the molecule is COc1ccc(CC(=O)N2CCCc3cccc(OC)c32)cc1OC. The van der Waals surface area contributed by atoms with Gasteiger partial charge in [0.15, 0.2) is 11.5 Å². The molecule has 132 valence electrons. The Morgan fingerprint density at radius 2 is 1.76 bits per heavy atom. The number of anilines is 1. The Morgan fingerprint density at radius 1 is 1.00 bits per heavy atom. The Balaban J connectivity index is 1.86. The van der Waals surface area contributed by atoms with Crippen molar-refractivity contribution in [3.8, 4) is 17.2 Å². The summed E-state index contributed by atoms with van der Waals surface area (Å²) in [6, 6.07) is 11.5. The zero-order valence-electron chi connectivity index (χ0n) is 14.9. The van der Waals surface area contributed by atoms with Gasteiger partial charge < -0.3 is 19.1 Å². The number of benzene rings is 2. The van der Waals surface area contributed by atoms with Crippen LogP contribution in [0, 0.1) is 0 Å². The van der Waals surface area contributed by atoms with E-state index < -0.39 is 0 Å². The summed E-state index contributed by atoms with van der Waals surface area (Å²) in [4.78, 5) is 14.8. The maximum absolute atomic E-state index is 13.0. The quantitative estimate of drug-likeness (QED) is 0.838. The molecule has 25 heavy (non-hydrogen) atoms. The highest BCUT2D eigenvalue weighted by molar-refractivity contribution is 5.97. The van der Waals surface area contributed by atoms with Crippen molar-refractivity contribution < 1.29 is 19.0 Å². The molecule has 0 aliphatic carbocycles. The summed E-state index contributed by atoms with van der Waals surface area (Å²) >= 11 is 0. The molecule has 1 aliphatic rings. The van der Waals surface area contributed by atoms with Crippen LogP contribution in [-0.4, -0.2) is 33.8 Å². The number of aryl methyl sites for hydroxylation is 1. The van der Waals surface area contributed by atoms with E-state index in [2.05, 4.69) is 6.07 Å². The largest absolute Gasteiger partial charge is 0.495 e. The number of carbonyl (C=O) groups is 1. The maximum Gasteiger partial charge on any atom is 0.231 e. The topological polar surface area (TPSA) is 48.0 Å². The molecule has 5 nitrogen and oxygen atoms in total. The summed E-state index contributed by atoms with van der Waals surface area (Å²) in [5.41, 5.74) is 2.96. The molecule has 0 atom stereocenters. The fourth-order valence-electron chi connectivity index (χ4n) is 3.29. The van der Waals surface area contributed by atoms with Crippen molar-refractivity contribution in [2.24, 2.45) is 0 Å². The Morgan fingerprint density at radius 3 is 2.48 bits per heavy atom. The average molecular weight is 341 g/mol. The molecule has 0 saturated heterocycles. The van der Waals surface area contributed by atoms with E-state index in [1.807, 2.05) is 35.2 Å². The lowest BCUT2D eigenvalue weighted by Crippen LogP contribution is -2.36. The second kappa shape index (κ2) is 7.47. The minimum atomic E-state index is 0.0534.